The Kier molecular flexibility index (Phi) is 4.54. The molecular formula is C25H25NO3. The SMILES string of the molecule is N#CC(OC(=O)C12CCCC1C1CCC2C1)c1cccc(Oc2ccccc2)c1. The number of nitrogens with zero attached hydrogens (tertiary/aromatic N) is 1. The van der Waals surface area contributed by atoms with Gasteiger partial charge in [0, 0.05) is 5.56 Å². The van der Waals surface area contributed by atoms with E-state index in [0.717, 1.165) is 37.9 Å². The summed E-state index contributed by atoms with van der Waals surface area (Å²) in [5, 5.41) is 9.75. The second kappa shape index (κ2) is 7.22. The van der Waals surface area contributed by atoms with Gasteiger partial charge >= 0.3 is 5.97 Å². The van der Waals surface area contributed by atoms with Crippen molar-refractivity contribution in [3.8, 4) is 17.6 Å². The number of ether oxygens (including phenoxy) is 2. The summed E-state index contributed by atoms with van der Waals surface area (Å²) >= 11 is 0. The first-order valence-corrected chi connectivity index (χ1v) is 10.6. The van der Waals surface area contributed by atoms with Crippen molar-refractivity contribution in [3.05, 3.63) is 60.2 Å². The number of nitriles is 1. The average molecular weight is 387 g/mol. The Bertz CT molecular complexity index is 950. The second-order valence-electron chi connectivity index (χ2n) is 8.71. The monoisotopic (exact) mass is 387 g/mol. The smallest absolute Gasteiger partial charge is 0.314 e. The molecule has 148 valence electrons. The molecule has 0 N–H and O–H groups in total. The van der Waals surface area contributed by atoms with Crippen LogP contribution >= 0.6 is 0 Å². The minimum absolute atomic E-state index is 0.145. The minimum Gasteiger partial charge on any atom is -0.457 e. The maximum absolute atomic E-state index is 13.4. The van der Waals surface area contributed by atoms with Gasteiger partial charge in [-0.25, -0.2) is 0 Å². The molecule has 0 aliphatic heterocycles. The number of esters is 1. The number of para-hydroxylation sites is 1. The molecule has 0 spiro atoms. The number of carbonyl (C=O) groups is 1. The molecule has 4 nitrogen and oxygen atoms in total. The highest BCUT2D eigenvalue weighted by Crippen LogP contribution is 2.66. The van der Waals surface area contributed by atoms with Crippen LogP contribution in [0.5, 0.6) is 11.5 Å². The Morgan fingerprint density at radius 3 is 2.72 bits per heavy atom. The Morgan fingerprint density at radius 2 is 1.90 bits per heavy atom. The lowest BCUT2D eigenvalue weighted by molar-refractivity contribution is -0.165. The normalized spacial score (nSPS) is 30.4. The van der Waals surface area contributed by atoms with E-state index in [0.29, 0.717) is 29.1 Å². The lowest BCUT2D eigenvalue weighted by Gasteiger charge is -2.37. The zero-order valence-electron chi connectivity index (χ0n) is 16.4. The number of hydrogen-bond donors (Lipinski definition) is 0. The van der Waals surface area contributed by atoms with Crippen LogP contribution in [0.15, 0.2) is 54.6 Å². The quantitative estimate of drug-likeness (QED) is 0.608. The van der Waals surface area contributed by atoms with Crippen molar-refractivity contribution in [2.24, 2.45) is 23.2 Å². The zero-order chi connectivity index (χ0) is 19.8. The van der Waals surface area contributed by atoms with Gasteiger partial charge in [-0.2, -0.15) is 5.26 Å². The van der Waals surface area contributed by atoms with Gasteiger partial charge in [0.15, 0.2) is 0 Å². The van der Waals surface area contributed by atoms with E-state index in [9.17, 15) is 10.1 Å². The standard InChI is InChI=1S/C25H25NO3/c26-16-23(18-6-4-9-21(15-18)28-20-7-2-1-3-8-20)29-24(27)25-13-5-10-22(25)17-11-12-19(25)14-17/h1-4,6-9,15,17,19,22-23H,5,10-14H2. The lowest BCUT2D eigenvalue weighted by Crippen LogP contribution is -2.41. The molecule has 2 bridgehead atoms. The lowest BCUT2D eigenvalue weighted by atomic mass is 9.68. The fourth-order valence-corrected chi connectivity index (χ4v) is 6.24. The molecule has 0 heterocycles. The van der Waals surface area contributed by atoms with Crippen LogP contribution in [0.3, 0.4) is 0 Å². The Hall–Kier alpha value is -2.80. The van der Waals surface area contributed by atoms with Crippen LogP contribution in [0.4, 0.5) is 0 Å². The van der Waals surface area contributed by atoms with E-state index < -0.39 is 6.10 Å². The Morgan fingerprint density at radius 1 is 1.07 bits per heavy atom. The highest BCUT2D eigenvalue weighted by molar-refractivity contribution is 5.79. The van der Waals surface area contributed by atoms with Crippen LogP contribution in [0.25, 0.3) is 0 Å². The van der Waals surface area contributed by atoms with Gasteiger partial charge in [-0.05, 0) is 74.1 Å². The van der Waals surface area contributed by atoms with Gasteiger partial charge in [-0.15, -0.1) is 0 Å². The molecule has 2 aromatic carbocycles. The Balaban J connectivity index is 1.35. The molecule has 0 radical (unpaired) electrons. The molecule has 3 aliphatic rings. The second-order valence-corrected chi connectivity index (χ2v) is 8.71. The molecule has 5 rings (SSSR count). The van der Waals surface area contributed by atoms with Gasteiger partial charge in [-0.3, -0.25) is 4.79 Å². The predicted molar refractivity (Wildman–Crippen MR) is 108 cm³/mol. The molecule has 3 saturated carbocycles. The van der Waals surface area contributed by atoms with Crippen LogP contribution < -0.4 is 4.74 Å². The maximum atomic E-state index is 13.4. The predicted octanol–water partition coefficient (Wildman–Crippen LogP) is 5.80. The van der Waals surface area contributed by atoms with Gasteiger partial charge in [0.2, 0.25) is 6.10 Å². The van der Waals surface area contributed by atoms with E-state index in [1.807, 2.05) is 48.5 Å². The topological polar surface area (TPSA) is 59.3 Å². The number of hydrogen-bond acceptors (Lipinski definition) is 4. The summed E-state index contributed by atoms with van der Waals surface area (Å²) in [5.74, 6) is 2.79. The minimum atomic E-state index is -0.906. The van der Waals surface area contributed by atoms with E-state index >= 15 is 0 Å². The van der Waals surface area contributed by atoms with Crippen molar-refractivity contribution in [2.45, 2.75) is 44.6 Å². The van der Waals surface area contributed by atoms with Crippen molar-refractivity contribution in [3.63, 3.8) is 0 Å². The van der Waals surface area contributed by atoms with Crippen LogP contribution in [0, 0.1) is 34.5 Å². The first kappa shape index (κ1) is 18.2. The molecule has 0 amide bonds. The first-order chi connectivity index (χ1) is 14.2. The molecule has 3 fully saturated rings. The summed E-state index contributed by atoms with van der Waals surface area (Å²) < 4.78 is 11.8. The van der Waals surface area contributed by atoms with Crippen molar-refractivity contribution >= 4 is 5.97 Å². The molecule has 3 aliphatic carbocycles. The highest BCUT2D eigenvalue weighted by atomic mass is 16.5. The molecule has 5 atom stereocenters. The van der Waals surface area contributed by atoms with E-state index in [1.54, 1.807) is 6.07 Å². The van der Waals surface area contributed by atoms with Crippen molar-refractivity contribution < 1.29 is 14.3 Å². The van der Waals surface area contributed by atoms with Crippen LogP contribution in [-0.2, 0) is 9.53 Å². The largest absolute Gasteiger partial charge is 0.457 e. The van der Waals surface area contributed by atoms with Crippen molar-refractivity contribution in [1.82, 2.24) is 0 Å². The van der Waals surface area contributed by atoms with Crippen LogP contribution in [0.2, 0.25) is 0 Å². The first-order valence-electron chi connectivity index (χ1n) is 10.6. The van der Waals surface area contributed by atoms with Gasteiger partial charge in [0.25, 0.3) is 0 Å². The third-order valence-corrected chi connectivity index (χ3v) is 7.40. The van der Waals surface area contributed by atoms with Gasteiger partial charge in [0.1, 0.15) is 17.6 Å². The summed E-state index contributed by atoms with van der Waals surface area (Å²) in [6.07, 6.45) is 5.80. The van der Waals surface area contributed by atoms with E-state index in [4.69, 9.17) is 9.47 Å². The molecule has 29 heavy (non-hydrogen) atoms. The average Bonchev–Trinajstić information content (AvgIpc) is 3.46. The van der Waals surface area contributed by atoms with E-state index in [-0.39, 0.29) is 11.4 Å². The zero-order valence-corrected chi connectivity index (χ0v) is 16.4. The van der Waals surface area contributed by atoms with E-state index in [1.165, 1.54) is 6.42 Å². The summed E-state index contributed by atoms with van der Waals surface area (Å²) in [6.45, 7) is 0. The fourth-order valence-electron chi connectivity index (χ4n) is 6.24. The summed E-state index contributed by atoms with van der Waals surface area (Å²) in [4.78, 5) is 13.4. The third-order valence-electron chi connectivity index (χ3n) is 7.40. The van der Waals surface area contributed by atoms with Crippen LogP contribution in [-0.4, -0.2) is 5.97 Å². The number of fused-ring (bicyclic) bond motifs is 5. The maximum Gasteiger partial charge on any atom is 0.314 e. The van der Waals surface area contributed by atoms with Crippen molar-refractivity contribution in [1.29, 1.82) is 5.26 Å². The summed E-state index contributed by atoms with van der Waals surface area (Å²) in [7, 11) is 0. The third kappa shape index (κ3) is 3.00. The highest BCUT2D eigenvalue weighted by Gasteiger charge is 2.64. The summed E-state index contributed by atoms with van der Waals surface area (Å²) in [5.41, 5.74) is 0.319. The fraction of sp³-hybridized carbons (Fsp3) is 0.440. The summed E-state index contributed by atoms with van der Waals surface area (Å²) in [6, 6.07) is 19.0. The molecule has 0 saturated heterocycles. The molecule has 4 heteroatoms. The molecule has 5 unspecified atom stereocenters. The molecular weight excluding hydrogens is 362 g/mol. The van der Waals surface area contributed by atoms with E-state index in [2.05, 4.69) is 6.07 Å². The van der Waals surface area contributed by atoms with Crippen molar-refractivity contribution in [2.75, 3.05) is 0 Å². The molecule has 2 aromatic rings. The molecule has 0 aromatic heterocycles. The Labute approximate surface area is 171 Å². The number of carbonyl (C=O) groups excluding carboxylic acids is 1. The van der Waals surface area contributed by atoms with Gasteiger partial charge < -0.3 is 9.47 Å². The number of rotatable bonds is 5. The van der Waals surface area contributed by atoms with Gasteiger partial charge in [-0.1, -0.05) is 36.8 Å². The number of benzene rings is 2. The van der Waals surface area contributed by atoms with Gasteiger partial charge in [0.05, 0.1) is 5.41 Å². The van der Waals surface area contributed by atoms with Crippen LogP contribution in [0.1, 0.15) is 50.2 Å².